The van der Waals surface area contributed by atoms with Crippen molar-refractivity contribution < 1.29 is 0 Å². The van der Waals surface area contributed by atoms with Gasteiger partial charge in [-0.05, 0) is 28.6 Å². The van der Waals surface area contributed by atoms with E-state index in [1.807, 2.05) is 0 Å². The lowest BCUT2D eigenvalue weighted by atomic mass is 9.48. The number of hydrazine groups is 1. The number of benzene rings is 5. The zero-order chi connectivity index (χ0) is 26.1. The van der Waals surface area contributed by atoms with Gasteiger partial charge in [0.15, 0.2) is 0 Å². The van der Waals surface area contributed by atoms with Crippen LogP contribution in [0.4, 0.5) is 5.69 Å². The molecule has 0 fully saturated rings. The lowest BCUT2D eigenvalue weighted by Gasteiger charge is -2.29. The maximum absolute atomic E-state index is 8.28. The highest BCUT2D eigenvalue weighted by atomic mass is 15.2. The summed E-state index contributed by atoms with van der Waals surface area (Å²) in [6.45, 7) is -0.0798. The van der Waals surface area contributed by atoms with Crippen LogP contribution < -0.4 is 22.2 Å². The van der Waals surface area contributed by atoms with E-state index in [0.29, 0.717) is 0 Å². The van der Waals surface area contributed by atoms with E-state index >= 15 is 0 Å². The molecule has 0 unspecified atom stereocenters. The molecule has 0 radical (unpaired) electrons. The molecule has 0 amide bonds. The van der Waals surface area contributed by atoms with E-state index in [2.05, 4.69) is 130 Å². The number of para-hydroxylation sites is 4. The summed E-state index contributed by atoms with van der Waals surface area (Å²) in [5.41, 5.74) is 13.7. The Labute approximate surface area is 225 Å². The van der Waals surface area contributed by atoms with Crippen LogP contribution in [0.3, 0.4) is 0 Å². The van der Waals surface area contributed by atoms with Gasteiger partial charge in [-0.15, -0.1) is 0 Å². The van der Waals surface area contributed by atoms with Gasteiger partial charge in [0.2, 0.25) is 0 Å². The molecular weight excluding hydrogens is 477 g/mol. The second-order valence-electron chi connectivity index (χ2n) is 10.0. The number of aromatic nitrogens is 2. The average Bonchev–Trinajstić information content (AvgIpc) is 3.51. The minimum Gasteiger partial charge on any atom is -0.375 e. The summed E-state index contributed by atoms with van der Waals surface area (Å²) < 4.78 is 4.71. The summed E-state index contributed by atoms with van der Waals surface area (Å²) in [4.78, 5) is 0. The van der Waals surface area contributed by atoms with Crippen molar-refractivity contribution in [3.63, 3.8) is 0 Å². The Morgan fingerprint density at radius 1 is 0.667 bits per heavy atom. The highest BCUT2D eigenvalue weighted by Crippen LogP contribution is 2.38. The van der Waals surface area contributed by atoms with Gasteiger partial charge in [0.25, 0.3) is 0 Å². The smallest absolute Gasteiger partial charge is 0.332 e. The normalized spacial score (nSPS) is 12.3. The molecule has 6 heteroatoms. The number of rotatable bonds is 4. The fourth-order valence-corrected chi connectivity index (χ4v) is 6.68. The van der Waals surface area contributed by atoms with Gasteiger partial charge in [-0.1, -0.05) is 103 Å². The van der Waals surface area contributed by atoms with E-state index < -0.39 is 0 Å². The number of anilines is 1. The predicted octanol–water partition coefficient (Wildman–Crippen LogP) is 5.66. The molecule has 0 saturated carbocycles. The Morgan fingerprint density at radius 2 is 1.36 bits per heavy atom. The summed E-state index contributed by atoms with van der Waals surface area (Å²) in [6, 6.07) is 40.9. The summed E-state index contributed by atoms with van der Waals surface area (Å²) in [5.74, 6) is 6.04. The van der Waals surface area contributed by atoms with Crippen LogP contribution in [0.1, 0.15) is 5.69 Å². The zero-order valence-electron chi connectivity index (χ0n) is 21.1. The van der Waals surface area contributed by atoms with Gasteiger partial charge in [-0.25, -0.2) is 0 Å². The van der Waals surface area contributed by atoms with Crippen molar-refractivity contribution in [3.05, 3.63) is 121 Å². The van der Waals surface area contributed by atoms with Gasteiger partial charge < -0.3 is 19.9 Å². The molecule has 5 nitrogen and oxygen atoms in total. The molecule has 39 heavy (non-hydrogen) atoms. The van der Waals surface area contributed by atoms with Crippen LogP contribution >= 0.6 is 0 Å². The van der Waals surface area contributed by atoms with Gasteiger partial charge in [0, 0.05) is 44.7 Å². The molecule has 0 bridgehead atoms. The van der Waals surface area contributed by atoms with Crippen molar-refractivity contribution in [2.75, 3.05) is 5.43 Å². The van der Waals surface area contributed by atoms with Crippen molar-refractivity contribution >= 4 is 62.4 Å². The molecule has 184 valence electrons. The van der Waals surface area contributed by atoms with Crippen LogP contribution in [0, 0.1) is 5.41 Å². The maximum atomic E-state index is 8.28. The van der Waals surface area contributed by atoms with Gasteiger partial charge in [-0.2, -0.15) is 0 Å². The first-order chi connectivity index (χ1) is 19.3. The Kier molecular flexibility index (Phi) is 4.63. The van der Waals surface area contributed by atoms with Crippen molar-refractivity contribution in [1.82, 2.24) is 9.05 Å². The monoisotopic (exact) mass is 501 g/mol. The van der Waals surface area contributed by atoms with Gasteiger partial charge in [-0.3, -0.25) is 5.84 Å². The van der Waals surface area contributed by atoms with Gasteiger partial charge in [0.05, 0.1) is 16.9 Å². The van der Waals surface area contributed by atoms with Crippen LogP contribution in [0.15, 0.2) is 115 Å². The molecule has 3 heterocycles. The molecule has 2 aromatic heterocycles. The van der Waals surface area contributed by atoms with Crippen LogP contribution in [0.2, 0.25) is 0 Å². The zero-order valence-corrected chi connectivity index (χ0v) is 21.1. The third-order valence-electron chi connectivity index (χ3n) is 8.18. The van der Waals surface area contributed by atoms with Crippen molar-refractivity contribution in [2.45, 2.75) is 0 Å². The Morgan fingerprint density at radius 3 is 2.21 bits per heavy atom. The molecule has 1 aliphatic rings. The van der Waals surface area contributed by atoms with E-state index in [1.54, 1.807) is 0 Å². The standard InChI is InChI=1S/C33H24BN5/c35-20-30-31(37-36)25-15-9-17-27-33(25)38(30)29-19-7-5-16-26(29)34(27)39-28-18-6-4-12-23(28)24-14-8-13-22(32(24)39)21-10-2-1-3-11-21/h1-20,35,37H,36H2. The fourth-order valence-electron chi connectivity index (χ4n) is 6.68. The minimum atomic E-state index is -0.0798. The largest absolute Gasteiger partial charge is 0.375 e. The topological polar surface area (TPSA) is 71.8 Å². The number of nitrogen functional groups attached to an aromatic ring is 1. The van der Waals surface area contributed by atoms with Crippen LogP contribution in [-0.2, 0) is 0 Å². The van der Waals surface area contributed by atoms with E-state index in [1.165, 1.54) is 50.1 Å². The molecule has 7 aromatic rings. The van der Waals surface area contributed by atoms with Crippen LogP contribution in [0.25, 0.3) is 49.5 Å². The molecule has 4 N–H and O–H groups in total. The third-order valence-corrected chi connectivity index (χ3v) is 8.18. The average molecular weight is 501 g/mol. The quantitative estimate of drug-likeness (QED) is 0.126. The summed E-state index contributed by atoms with van der Waals surface area (Å²) in [6.07, 6.45) is 1.39. The molecule has 0 spiro atoms. The molecule has 5 aromatic carbocycles. The second-order valence-corrected chi connectivity index (χ2v) is 10.0. The summed E-state index contributed by atoms with van der Waals surface area (Å²) in [7, 11) is 0. The van der Waals surface area contributed by atoms with Crippen LogP contribution in [0.5, 0.6) is 0 Å². The van der Waals surface area contributed by atoms with E-state index in [-0.39, 0.29) is 6.85 Å². The first kappa shape index (κ1) is 22.0. The number of hydrogen-bond acceptors (Lipinski definition) is 3. The number of hydrogen-bond donors (Lipinski definition) is 3. The summed E-state index contributed by atoms with van der Waals surface area (Å²) >= 11 is 0. The predicted molar refractivity (Wildman–Crippen MR) is 164 cm³/mol. The highest BCUT2D eigenvalue weighted by Gasteiger charge is 2.37. The van der Waals surface area contributed by atoms with Crippen molar-refractivity contribution in [3.8, 4) is 16.8 Å². The minimum absolute atomic E-state index is 0.0798. The Bertz CT molecular complexity index is 2090. The van der Waals surface area contributed by atoms with Gasteiger partial charge in [0.1, 0.15) is 0 Å². The first-order valence-electron chi connectivity index (χ1n) is 13.1. The number of nitrogens with one attached hydrogen (secondary N) is 2. The molecule has 8 rings (SSSR count). The fraction of sp³-hybridized carbons (Fsp3) is 0. The molecule has 1 aliphatic heterocycles. The molecular formula is C33H24BN5. The first-order valence-corrected chi connectivity index (χ1v) is 13.1. The lowest BCUT2D eigenvalue weighted by molar-refractivity contribution is 1.11. The van der Waals surface area contributed by atoms with Crippen molar-refractivity contribution in [1.29, 1.82) is 5.41 Å². The van der Waals surface area contributed by atoms with E-state index in [0.717, 1.165) is 28.0 Å². The lowest BCUT2D eigenvalue weighted by Crippen LogP contribution is -2.53. The van der Waals surface area contributed by atoms with Crippen molar-refractivity contribution in [2.24, 2.45) is 5.84 Å². The Hall–Kier alpha value is -5.07. The van der Waals surface area contributed by atoms with E-state index in [4.69, 9.17) is 11.3 Å². The summed E-state index contributed by atoms with van der Waals surface area (Å²) in [5, 5.41) is 11.8. The highest BCUT2D eigenvalue weighted by molar-refractivity contribution is 6.88. The number of nitrogens with zero attached hydrogens (tertiary/aromatic N) is 2. The number of fused-ring (bicyclic) bond motifs is 5. The molecule has 0 atom stereocenters. The third kappa shape index (κ3) is 2.86. The molecule has 0 saturated heterocycles. The Balaban J connectivity index is 1.58. The maximum Gasteiger partial charge on any atom is 0.332 e. The second kappa shape index (κ2) is 8.22. The van der Waals surface area contributed by atoms with Gasteiger partial charge >= 0.3 is 6.85 Å². The SMILES string of the molecule is N=Cc1c(NN)c2cccc3c2n1-c1ccccc1B3n1c2ccccc2c2cccc(-c3ccccc3)c21. The van der Waals surface area contributed by atoms with Crippen LogP contribution in [-0.4, -0.2) is 22.1 Å². The van der Waals surface area contributed by atoms with E-state index in [9.17, 15) is 0 Å². The number of nitrogens with two attached hydrogens (primary N) is 1. The molecule has 0 aliphatic carbocycles.